The van der Waals surface area contributed by atoms with Gasteiger partial charge in [0.1, 0.15) is 11.5 Å². The van der Waals surface area contributed by atoms with E-state index in [2.05, 4.69) is 70.9 Å². The minimum atomic E-state index is 0.0619. The Morgan fingerprint density at radius 3 is 1.86 bits per heavy atom. The van der Waals surface area contributed by atoms with Crippen LogP contribution in [0.5, 0.6) is 11.5 Å². The molecule has 0 saturated carbocycles. The second kappa shape index (κ2) is 13.8. The van der Waals surface area contributed by atoms with Gasteiger partial charge in [0.15, 0.2) is 0 Å². The summed E-state index contributed by atoms with van der Waals surface area (Å²) in [7, 11) is 3.39. The number of benzene rings is 4. The monoisotopic (exact) mass is 586 g/mol. The van der Waals surface area contributed by atoms with Crippen molar-refractivity contribution in [3.05, 3.63) is 125 Å². The van der Waals surface area contributed by atoms with Crippen LogP contribution in [0.3, 0.4) is 0 Å². The number of anilines is 2. The highest BCUT2D eigenvalue weighted by Crippen LogP contribution is 2.37. The molecule has 5 aromatic rings. The molecule has 1 aliphatic rings. The van der Waals surface area contributed by atoms with E-state index >= 15 is 0 Å². The minimum absolute atomic E-state index is 0.0619. The number of aromatic nitrogens is 1. The van der Waals surface area contributed by atoms with Gasteiger partial charge in [-0.1, -0.05) is 66.7 Å². The van der Waals surface area contributed by atoms with Gasteiger partial charge in [0.25, 0.3) is 0 Å². The highest BCUT2D eigenvalue weighted by atomic mass is 16.5. The van der Waals surface area contributed by atoms with Crippen LogP contribution in [0.15, 0.2) is 97.1 Å². The standard InChI is InChI=1S/C38H42N4O2/c1-43-32-17-13-27(14-18-32)23-31(24-28-15-19-33(44-2)20-16-28)37-36(39)38(34-7-3-4-8-35(34)41-37)40-25-29-9-11-30(12-10-29)26-42-21-5-6-22-42/h3-4,7-20,31H,5-6,21-26,39H2,1-2H3,(H,40,41). The minimum Gasteiger partial charge on any atom is -0.497 e. The molecule has 0 unspecified atom stereocenters. The Morgan fingerprint density at radius 1 is 0.727 bits per heavy atom. The summed E-state index contributed by atoms with van der Waals surface area (Å²) in [6.45, 7) is 4.13. The highest BCUT2D eigenvalue weighted by Gasteiger charge is 2.22. The maximum atomic E-state index is 7.06. The zero-order chi connectivity index (χ0) is 30.3. The van der Waals surface area contributed by atoms with Crippen LogP contribution >= 0.6 is 0 Å². The van der Waals surface area contributed by atoms with E-state index < -0.39 is 0 Å². The summed E-state index contributed by atoms with van der Waals surface area (Å²) in [5.41, 5.74) is 15.6. The largest absolute Gasteiger partial charge is 0.497 e. The number of likely N-dealkylation sites (tertiary alicyclic amines) is 1. The maximum Gasteiger partial charge on any atom is 0.118 e. The zero-order valence-electron chi connectivity index (χ0n) is 25.8. The van der Waals surface area contributed by atoms with Gasteiger partial charge < -0.3 is 20.5 Å². The topological polar surface area (TPSA) is 72.6 Å². The SMILES string of the molecule is COc1ccc(CC(Cc2ccc(OC)cc2)c2nc3ccccc3c(NCc3ccc(CN4CCCC4)cc3)c2N)cc1. The number of ether oxygens (including phenoxy) is 2. The number of nitrogens with two attached hydrogens (primary N) is 1. The molecule has 1 aromatic heterocycles. The third kappa shape index (κ3) is 6.98. The number of nitrogens with one attached hydrogen (secondary N) is 1. The van der Waals surface area contributed by atoms with Crippen molar-refractivity contribution in [2.45, 2.75) is 44.7 Å². The fourth-order valence-electron chi connectivity index (χ4n) is 6.26. The van der Waals surface area contributed by atoms with Crippen LogP contribution in [-0.4, -0.2) is 37.2 Å². The van der Waals surface area contributed by atoms with E-state index in [1.165, 1.54) is 48.2 Å². The number of rotatable bonds is 12. The molecular weight excluding hydrogens is 544 g/mol. The lowest BCUT2D eigenvalue weighted by Gasteiger charge is -2.23. The molecule has 0 spiro atoms. The Labute approximate surface area is 260 Å². The van der Waals surface area contributed by atoms with Crippen LogP contribution in [-0.2, 0) is 25.9 Å². The lowest BCUT2D eigenvalue weighted by atomic mass is 9.88. The molecule has 2 heterocycles. The van der Waals surface area contributed by atoms with E-state index in [-0.39, 0.29) is 5.92 Å². The van der Waals surface area contributed by atoms with Gasteiger partial charge in [0.05, 0.1) is 36.8 Å². The Kier molecular flexibility index (Phi) is 9.28. The summed E-state index contributed by atoms with van der Waals surface area (Å²) in [5.74, 6) is 1.76. The maximum absolute atomic E-state index is 7.06. The molecule has 0 bridgehead atoms. The molecule has 226 valence electrons. The number of hydrogen-bond donors (Lipinski definition) is 2. The van der Waals surface area contributed by atoms with Gasteiger partial charge in [-0.25, -0.2) is 0 Å². The van der Waals surface area contributed by atoms with Gasteiger partial charge in [-0.3, -0.25) is 9.88 Å². The Balaban J connectivity index is 1.30. The average molecular weight is 587 g/mol. The molecule has 6 nitrogen and oxygen atoms in total. The van der Waals surface area contributed by atoms with Gasteiger partial charge in [-0.2, -0.15) is 0 Å². The fourth-order valence-corrected chi connectivity index (χ4v) is 6.26. The number of fused-ring (bicyclic) bond motifs is 1. The van der Waals surface area contributed by atoms with Gasteiger partial charge >= 0.3 is 0 Å². The smallest absolute Gasteiger partial charge is 0.118 e. The van der Waals surface area contributed by atoms with E-state index in [1.807, 2.05) is 36.4 Å². The number of methoxy groups -OCH3 is 2. The van der Waals surface area contributed by atoms with E-state index in [9.17, 15) is 0 Å². The Hall–Kier alpha value is -4.55. The van der Waals surface area contributed by atoms with Crippen molar-refractivity contribution in [2.24, 2.45) is 0 Å². The number of hydrogen-bond acceptors (Lipinski definition) is 6. The van der Waals surface area contributed by atoms with Crippen molar-refractivity contribution in [3.63, 3.8) is 0 Å². The Bertz CT molecular complexity index is 1610. The molecule has 6 rings (SSSR count). The van der Waals surface area contributed by atoms with Crippen molar-refractivity contribution >= 4 is 22.3 Å². The Morgan fingerprint density at radius 2 is 1.27 bits per heavy atom. The molecule has 44 heavy (non-hydrogen) atoms. The molecular formula is C38H42N4O2. The molecule has 1 saturated heterocycles. The normalized spacial score (nSPS) is 13.4. The van der Waals surface area contributed by atoms with Crippen molar-refractivity contribution in [2.75, 3.05) is 38.4 Å². The van der Waals surface area contributed by atoms with Crippen LogP contribution in [0.4, 0.5) is 11.4 Å². The predicted molar refractivity (Wildman–Crippen MR) is 181 cm³/mol. The van der Waals surface area contributed by atoms with Gasteiger partial charge in [0, 0.05) is 24.4 Å². The lowest BCUT2D eigenvalue weighted by molar-refractivity contribution is 0.331. The molecule has 6 heteroatoms. The van der Waals surface area contributed by atoms with Crippen molar-refractivity contribution < 1.29 is 9.47 Å². The summed E-state index contributed by atoms with van der Waals surface area (Å²) in [6, 6.07) is 33.8. The van der Waals surface area contributed by atoms with Crippen molar-refractivity contribution in [1.82, 2.24) is 9.88 Å². The molecule has 3 N–H and O–H groups in total. The molecule has 0 atom stereocenters. The van der Waals surface area contributed by atoms with Gasteiger partial charge in [-0.05, 0) is 91.4 Å². The van der Waals surface area contributed by atoms with E-state index in [1.54, 1.807) is 14.2 Å². The lowest BCUT2D eigenvalue weighted by Crippen LogP contribution is -2.18. The van der Waals surface area contributed by atoms with Gasteiger partial charge in [-0.15, -0.1) is 0 Å². The van der Waals surface area contributed by atoms with E-state index in [0.717, 1.165) is 53.2 Å². The van der Waals surface area contributed by atoms with Crippen molar-refractivity contribution in [3.8, 4) is 11.5 Å². The summed E-state index contributed by atoms with van der Waals surface area (Å²) in [6.07, 6.45) is 4.21. The number of nitrogen functional groups attached to an aromatic ring is 1. The molecule has 1 aliphatic heterocycles. The van der Waals surface area contributed by atoms with E-state index in [4.69, 9.17) is 20.2 Å². The predicted octanol–water partition coefficient (Wildman–Crippen LogP) is 7.61. The number of nitrogens with zero attached hydrogens (tertiary/aromatic N) is 2. The van der Waals surface area contributed by atoms with E-state index in [0.29, 0.717) is 12.2 Å². The second-order valence-electron chi connectivity index (χ2n) is 11.8. The fraction of sp³-hybridized carbons (Fsp3) is 0.289. The number of pyridine rings is 1. The average Bonchev–Trinajstić information content (AvgIpc) is 3.58. The summed E-state index contributed by atoms with van der Waals surface area (Å²) in [5, 5.41) is 4.74. The quantitative estimate of drug-likeness (QED) is 0.157. The second-order valence-corrected chi connectivity index (χ2v) is 11.8. The molecule has 1 fully saturated rings. The van der Waals surface area contributed by atoms with Crippen LogP contribution in [0.2, 0.25) is 0 Å². The van der Waals surface area contributed by atoms with Crippen LogP contribution < -0.4 is 20.5 Å². The van der Waals surface area contributed by atoms with Crippen LogP contribution in [0.25, 0.3) is 10.9 Å². The first kappa shape index (κ1) is 29.5. The summed E-state index contributed by atoms with van der Waals surface area (Å²) >= 11 is 0. The third-order valence-electron chi connectivity index (χ3n) is 8.73. The molecule has 0 radical (unpaired) electrons. The molecule has 0 aliphatic carbocycles. The number of para-hydroxylation sites is 1. The first-order chi connectivity index (χ1) is 21.6. The van der Waals surface area contributed by atoms with Crippen LogP contribution in [0, 0.1) is 0 Å². The first-order valence-electron chi connectivity index (χ1n) is 15.6. The molecule has 4 aromatic carbocycles. The van der Waals surface area contributed by atoms with Gasteiger partial charge in [0.2, 0.25) is 0 Å². The first-order valence-corrected chi connectivity index (χ1v) is 15.6. The third-order valence-corrected chi connectivity index (χ3v) is 8.73. The van der Waals surface area contributed by atoms with Crippen molar-refractivity contribution in [1.29, 1.82) is 0 Å². The zero-order valence-corrected chi connectivity index (χ0v) is 25.8. The molecule has 0 amide bonds. The van der Waals surface area contributed by atoms with Crippen LogP contribution in [0.1, 0.15) is 46.7 Å². The highest BCUT2D eigenvalue weighted by molar-refractivity contribution is 5.98. The summed E-state index contributed by atoms with van der Waals surface area (Å²) in [4.78, 5) is 7.73. The summed E-state index contributed by atoms with van der Waals surface area (Å²) < 4.78 is 10.8.